The number of anilines is 2. The minimum Gasteiger partial charge on any atom is -0.371 e. The van der Waals surface area contributed by atoms with E-state index in [4.69, 9.17) is 5.26 Å². The summed E-state index contributed by atoms with van der Waals surface area (Å²) in [6.07, 6.45) is 9.92. The standard InChI is InChI=1S/C25H31N5O/c26-17-22-16-23(12-13-27-22)30-14-6-7-19(18-30)15-20-8-4-5-11-24(20)29-25(31)28-21-9-2-1-3-10-21/h1-3,9-10,12-13,16,19-20,24H,4-8,11,14-15,18H2,(H2,28,29,31)/t19-,20+,24-/m1/s1. The first-order valence-electron chi connectivity index (χ1n) is 11.4. The molecule has 1 aliphatic carbocycles. The van der Waals surface area contributed by atoms with E-state index in [0.717, 1.165) is 43.7 Å². The van der Waals surface area contributed by atoms with E-state index in [2.05, 4.69) is 26.6 Å². The van der Waals surface area contributed by atoms with E-state index >= 15 is 0 Å². The minimum atomic E-state index is -0.103. The molecule has 4 rings (SSSR count). The summed E-state index contributed by atoms with van der Waals surface area (Å²) in [7, 11) is 0. The number of nitrogens with zero attached hydrogens (tertiary/aromatic N) is 3. The van der Waals surface area contributed by atoms with Crippen LogP contribution < -0.4 is 15.5 Å². The molecular formula is C25H31N5O. The summed E-state index contributed by atoms with van der Waals surface area (Å²) in [4.78, 5) is 19.0. The number of benzene rings is 1. The van der Waals surface area contributed by atoms with Crippen molar-refractivity contribution in [3.05, 3.63) is 54.4 Å². The van der Waals surface area contributed by atoms with Crippen LogP contribution >= 0.6 is 0 Å². The average molecular weight is 418 g/mol. The Balaban J connectivity index is 1.35. The normalized spacial score (nSPS) is 23.6. The van der Waals surface area contributed by atoms with Crippen LogP contribution in [0.15, 0.2) is 48.7 Å². The number of hydrogen-bond acceptors (Lipinski definition) is 4. The number of nitriles is 1. The van der Waals surface area contributed by atoms with Crippen molar-refractivity contribution in [3.8, 4) is 6.07 Å². The highest BCUT2D eigenvalue weighted by atomic mass is 16.2. The van der Waals surface area contributed by atoms with Crippen LogP contribution in [0.3, 0.4) is 0 Å². The topological polar surface area (TPSA) is 81.0 Å². The quantitative estimate of drug-likeness (QED) is 0.722. The lowest BCUT2D eigenvalue weighted by atomic mass is 9.77. The lowest BCUT2D eigenvalue weighted by Gasteiger charge is -2.39. The Bertz CT molecular complexity index is 910. The zero-order chi connectivity index (χ0) is 21.5. The van der Waals surface area contributed by atoms with Gasteiger partial charge in [0.05, 0.1) is 0 Å². The summed E-state index contributed by atoms with van der Waals surface area (Å²) in [6, 6.07) is 15.8. The van der Waals surface area contributed by atoms with Crippen LogP contribution in [0.5, 0.6) is 0 Å². The predicted octanol–water partition coefficient (Wildman–Crippen LogP) is 4.94. The maximum absolute atomic E-state index is 12.6. The van der Waals surface area contributed by atoms with Gasteiger partial charge in [-0.3, -0.25) is 0 Å². The van der Waals surface area contributed by atoms with Gasteiger partial charge in [0.2, 0.25) is 0 Å². The molecule has 1 saturated heterocycles. The summed E-state index contributed by atoms with van der Waals surface area (Å²) in [6.45, 7) is 2.03. The largest absolute Gasteiger partial charge is 0.371 e. The molecule has 1 aromatic carbocycles. The van der Waals surface area contributed by atoms with Crippen LogP contribution in [-0.2, 0) is 0 Å². The van der Waals surface area contributed by atoms with Gasteiger partial charge in [0.15, 0.2) is 0 Å². The Labute approximate surface area is 184 Å². The molecule has 1 aliphatic heterocycles. The van der Waals surface area contributed by atoms with E-state index in [1.807, 2.05) is 42.5 Å². The Kier molecular flexibility index (Phi) is 7.03. The number of nitrogens with one attached hydrogen (secondary N) is 2. The SMILES string of the molecule is N#Cc1cc(N2CCC[C@H](C[C@@H]3CCCC[C@H]3NC(=O)Nc3ccccc3)C2)ccn1. The Morgan fingerprint density at radius 1 is 1.13 bits per heavy atom. The van der Waals surface area contributed by atoms with E-state index in [-0.39, 0.29) is 12.1 Å². The highest BCUT2D eigenvalue weighted by Gasteiger charge is 2.30. The molecule has 6 heteroatoms. The number of carbonyl (C=O) groups is 1. The number of aromatic nitrogens is 1. The second-order valence-electron chi connectivity index (χ2n) is 8.82. The van der Waals surface area contributed by atoms with Crippen molar-refractivity contribution >= 4 is 17.4 Å². The molecule has 0 unspecified atom stereocenters. The maximum atomic E-state index is 12.6. The molecule has 2 heterocycles. The molecule has 1 saturated carbocycles. The first-order valence-corrected chi connectivity index (χ1v) is 11.4. The van der Waals surface area contributed by atoms with Crippen molar-refractivity contribution in [1.82, 2.24) is 10.3 Å². The maximum Gasteiger partial charge on any atom is 0.319 e. The molecule has 162 valence electrons. The van der Waals surface area contributed by atoms with Gasteiger partial charge in [-0.1, -0.05) is 31.0 Å². The van der Waals surface area contributed by atoms with Gasteiger partial charge in [-0.25, -0.2) is 9.78 Å². The summed E-state index contributed by atoms with van der Waals surface area (Å²) in [5.41, 5.74) is 2.39. The monoisotopic (exact) mass is 417 g/mol. The van der Waals surface area contributed by atoms with Crippen LogP contribution in [0.25, 0.3) is 0 Å². The van der Waals surface area contributed by atoms with Gasteiger partial charge in [-0.15, -0.1) is 0 Å². The molecule has 3 atom stereocenters. The molecule has 31 heavy (non-hydrogen) atoms. The summed E-state index contributed by atoms with van der Waals surface area (Å²) in [5, 5.41) is 15.4. The van der Waals surface area contributed by atoms with Gasteiger partial charge in [0.1, 0.15) is 11.8 Å². The van der Waals surface area contributed by atoms with Crippen LogP contribution in [0.1, 0.15) is 50.6 Å². The fourth-order valence-corrected chi connectivity index (χ4v) is 5.13. The number of para-hydroxylation sites is 1. The summed E-state index contributed by atoms with van der Waals surface area (Å²) in [5.74, 6) is 1.13. The number of rotatable bonds is 5. The molecule has 0 radical (unpaired) electrons. The zero-order valence-electron chi connectivity index (χ0n) is 18.0. The third-order valence-corrected chi connectivity index (χ3v) is 6.64. The molecule has 2 amide bonds. The molecule has 2 aromatic rings. The number of carbonyl (C=O) groups excluding carboxylic acids is 1. The van der Waals surface area contributed by atoms with Crippen LogP contribution in [0.2, 0.25) is 0 Å². The van der Waals surface area contributed by atoms with Crippen molar-refractivity contribution in [2.75, 3.05) is 23.3 Å². The van der Waals surface area contributed by atoms with E-state index < -0.39 is 0 Å². The van der Waals surface area contributed by atoms with Gasteiger partial charge >= 0.3 is 6.03 Å². The first kappa shape index (κ1) is 21.2. The van der Waals surface area contributed by atoms with Crippen molar-refractivity contribution in [3.63, 3.8) is 0 Å². The molecule has 2 fully saturated rings. The number of amides is 2. The minimum absolute atomic E-state index is 0.103. The number of piperidine rings is 1. The molecule has 1 aromatic heterocycles. The number of hydrogen-bond donors (Lipinski definition) is 2. The molecule has 0 bridgehead atoms. The fourth-order valence-electron chi connectivity index (χ4n) is 5.13. The van der Waals surface area contributed by atoms with Crippen LogP contribution in [0, 0.1) is 23.2 Å². The lowest BCUT2D eigenvalue weighted by molar-refractivity contribution is 0.203. The second-order valence-corrected chi connectivity index (χ2v) is 8.82. The van der Waals surface area contributed by atoms with Crippen molar-refractivity contribution in [2.24, 2.45) is 11.8 Å². The van der Waals surface area contributed by atoms with Gasteiger partial charge in [0.25, 0.3) is 0 Å². The van der Waals surface area contributed by atoms with Gasteiger partial charge in [-0.2, -0.15) is 5.26 Å². The molecule has 2 N–H and O–H groups in total. The zero-order valence-corrected chi connectivity index (χ0v) is 18.0. The fraction of sp³-hybridized carbons (Fsp3) is 0.480. The van der Waals surface area contributed by atoms with E-state index in [0.29, 0.717) is 17.5 Å². The van der Waals surface area contributed by atoms with Crippen molar-refractivity contribution in [1.29, 1.82) is 5.26 Å². The van der Waals surface area contributed by atoms with Crippen LogP contribution in [0.4, 0.5) is 16.2 Å². The molecule has 6 nitrogen and oxygen atoms in total. The molecule has 2 aliphatic rings. The van der Waals surface area contributed by atoms with E-state index in [9.17, 15) is 4.79 Å². The number of urea groups is 1. The second kappa shape index (κ2) is 10.3. The Morgan fingerprint density at radius 3 is 2.81 bits per heavy atom. The lowest BCUT2D eigenvalue weighted by Crippen LogP contribution is -2.45. The van der Waals surface area contributed by atoms with E-state index in [1.54, 1.807) is 6.20 Å². The Morgan fingerprint density at radius 2 is 1.97 bits per heavy atom. The predicted molar refractivity (Wildman–Crippen MR) is 123 cm³/mol. The van der Waals surface area contributed by atoms with Crippen molar-refractivity contribution in [2.45, 2.75) is 51.0 Å². The highest BCUT2D eigenvalue weighted by Crippen LogP contribution is 2.34. The molecule has 0 spiro atoms. The average Bonchev–Trinajstić information content (AvgIpc) is 2.81. The smallest absolute Gasteiger partial charge is 0.319 e. The summed E-state index contributed by atoms with van der Waals surface area (Å²) < 4.78 is 0. The van der Waals surface area contributed by atoms with Gasteiger partial charge in [-0.05, 0) is 68.2 Å². The highest BCUT2D eigenvalue weighted by molar-refractivity contribution is 5.89. The summed E-state index contributed by atoms with van der Waals surface area (Å²) >= 11 is 0. The van der Waals surface area contributed by atoms with Crippen molar-refractivity contribution < 1.29 is 4.79 Å². The van der Waals surface area contributed by atoms with E-state index in [1.165, 1.54) is 25.7 Å². The third-order valence-electron chi connectivity index (χ3n) is 6.64. The van der Waals surface area contributed by atoms with Gasteiger partial charge in [0, 0.05) is 36.7 Å². The third kappa shape index (κ3) is 5.75. The Hall–Kier alpha value is -3.07. The molecular weight excluding hydrogens is 386 g/mol. The first-order chi connectivity index (χ1) is 15.2. The number of pyridine rings is 1. The van der Waals surface area contributed by atoms with Gasteiger partial charge < -0.3 is 15.5 Å². The van der Waals surface area contributed by atoms with Crippen LogP contribution in [-0.4, -0.2) is 30.1 Å².